The predicted molar refractivity (Wildman–Crippen MR) is 111 cm³/mol. The molecule has 27 heavy (non-hydrogen) atoms. The Kier molecular flexibility index (Phi) is 5.45. The van der Waals surface area contributed by atoms with Gasteiger partial charge in [0.15, 0.2) is 0 Å². The van der Waals surface area contributed by atoms with Gasteiger partial charge < -0.3 is 10.2 Å². The molecule has 1 aromatic carbocycles. The Balaban J connectivity index is 1.54. The zero-order valence-electron chi connectivity index (χ0n) is 14.8. The fraction of sp³-hybridized carbons (Fsp3) is 0.238. The van der Waals surface area contributed by atoms with Crippen molar-refractivity contribution in [3.63, 3.8) is 0 Å². The molecule has 4 rings (SSSR count). The molecule has 1 aromatic heterocycles. The number of thiophene rings is 1. The fourth-order valence-electron chi connectivity index (χ4n) is 3.16. The average molecular weight is 397 g/mol. The highest BCUT2D eigenvalue weighted by Crippen LogP contribution is 2.36. The van der Waals surface area contributed by atoms with Crippen molar-refractivity contribution >= 4 is 40.6 Å². The SMILES string of the molecule is O=C(NCc1ccsc1)c1ccc2c(c1)N(CC1=CCCC=C1)C(=O)CS2. The molecule has 0 fully saturated rings. The summed E-state index contributed by atoms with van der Waals surface area (Å²) in [6.45, 7) is 1.07. The number of carbonyl (C=O) groups excluding carboxylic acids is 2. The van der Waals surface area contributed by atoms with E-state index < -0.39 is 0 Å². The van der Waals surface area contributed by atoms with Crippen LogP contribution in [0, 0.1) is 0 Å². The molecule has 0 radical (unpaired) electrons. The second-order valence-electron chi connectivity index (χ2n) is 6.52. The number of nitrogens with zero attached hydrogens (tertiary/aromatic N) is 1. The van der Waals surface area contributed by atoms with Crippen LogP contribution >= 0.6 is 23.1 Å². The molecule has 4 nitrogen and oxygen atoms in total. The Bertz CT molecular complexity index is 916. The van der Waals surface area contributed by atoms with Gasteiger partial charge in [-0.1, -0.05) is 18.2 Å². The smallest absolute Gasteiger partial charge is 0.251 e. The normalized spacial score (nSPS) is 16.1. The Labute approximate surface area is 167 Å². The van der Waals surface area contributed by atoms with E-state index in [2.05, 4.69) is 23.5 Å². The molecule has 0 saturated carbocycles. The van der Waals surface area contributed by atoms with Crippen molar-refractivity contribution in [2.75, 3.05) is 17.2 Å². The van der Waals surface area contributed by atoms with Gasteiger partial charge in [-0.25, -0.2) is 0 Å². The summed E-state index contributed by atoms with van der Waals surface area (Å²) >= 11 is 3.15. The number of hydrogen-bond donors (Lipinski definition) is 1. The van der Waals surface area contributed by atoms with E-state index in [0.717, 1.165) is 34.6 Å². The molecule has 138 valence electrons. The first-order valence-electron chi connectivity index (χ1n) is 8.93. The molecule has 0 unspecified atom stereocenters. The van der Waals surface area contributed by atoms with Crippen molar-refractivity contribution in [2.24, 2.45) is 0 Å². The van der Waals surface area contributed by atoms with E-state index in [-0.39, 0.29) is 11.8 Å². The Morgan fingerprint density at radius 3 is 2.93 bits per heavy atom. The minimum Gasteiger partial charge on any atom is -0.348 e. The van der Waals surface area contributed by atoms with Crippen LogP contribution in [0.5, 0.6) is 0 Å². The van der Waals surface area contributed by atoms with E-state index in [4.69, 9.17) is 0 Å². The van der Waals surface area contributed by atoms with Gasteiger partial charge in [0.1, 0.15) is 0 Å². The number of hydrogen-bond acceptors (Lipinski definition) is 4. The van der Waals surface area contributed by atoms with Crippen molar-refractivity contribution in [3.05, 3.63) is 70.0 Å². The molecular formula is C21H20N2O2S2. The lowest BCUT2D eigenvalue weighted by Gasteiger charge is -2.30. The lowest BCUT2D eigenvalue weighted by molar-refractivity contribution is -0.116. The number of nitrogens with one attached hydrogen (secondary N) is 1. The monoisotopic (exact) mass is 396 g/mol. The Hall–Kier alpha value is -2.31. The van der Waals surface area contributed by atoms with Crippen LogP contribution in [0.25, 0.3) is 0 Å². The van der Waals surface area contributed by atoms with Gasteiger partial charge in [0.05, 0.1) is 18.0 Å². The number of allylic oxidation sites excluding steroid dienone is 2. The number of benzene rings is 1. The number of anilines is 1. The van der Waals surface area contributed by atoms with Gasteiger partial charge in [0, 0.05) is 17.0 Å². The summed E-state index contributed by atoms with van der Waals surface area (Å²) in [5.74, 6) is 0.403. The second kappa shape index (κ2) is 8.15. The third-order valence-electron chi connectivity index (χ3n) is 4.61. The zero-order chi connectivity index (χ0) is 18.6. The maximum Gasteiger partial charge on any atom is 0.251 e. The standard InChI is InChI=1S/C21H20N2O2S2/c24-20-14-27-19-7-6-17(21(25)22-11-16-8-9-26-13-16)10-18(19)23(20)12-15-4-2-1-3-5-15/h2,4-10,13H,1,3,11-12,14H2,(H,22,25). The summed E-state index contributed by atoms with van der Waals surface area (Å²) in [6, 6.07) is 7.63. The zero-order valence-corrected chi connectivity index (χ0v) is 16.4. The summed E-state index contributed by atoms with van der Waals surface area (Å²) < 4.78 is 0. The number of amides is 2. The molecule has 0 atom stereocenters. The van der Waals surface area contributed by atoms with Gasteiger partial charge in [0.2, 0.25) is 5.91 Å². The number of rotatable bonds is 5. The Morgan fingerprint density at radius 2 is 2.15 bits per heavy atom. The van der Waals surface area contributed by atoms with Crippen LogP contribution in [0.2, 0.25) is 0 Å². The summed E-state index contributed by atoms with van der Waals surface area (Å²) in [7, 11) is 0. The van der Waals surface area contributed by atoms with Crippen molar-refractivity contribution in [1.82, 2.24) is 5.32 Å². The Morgan fingerprint density at radius 1 is 1.22 bits per heavy atom. The molecule has 0 bridgehead atoms. The molecule has 2 heterocycles. The molecule has 1 N–H and O–H groups in total. The third-order valence-corrected chi connectivity index (χ3v) is 6.39. The van der Waals surface area contributed by atoms with Crippen LogP contribution in [0.4, 0.5) is 5.69 Å². The molecule has 2 amide bonds. The van der Waals surface area contributed by atoms with E-state index in [0.29, 0.717) is 24.4 Å². The van der Waals surface area contributed by atoms with Crippen LogP contribution in [0.3, 0.4) is 0 Å². The highest BCUT2D eigenvalue weighted by atomic mass is 32.2. The highest BCUT2D eigenvalue weighted by molar-refractivity contribution is 8.00. The van der Waals surface area contributed by atoms with Crippen molar-refractivity contribution in [3.8, 4) is 0 Å². The molecule has 1 aliphatic carbocycles. The van der Waals surface area contributed by atoms with E-state index in [9.17, 15) is 9.59 Å². The summed E-state index contributed by atoms with van der Waals surface area (Å²) in [5.41, 5.74) is 3.66. The predicted octanol–water partition coefficient (Wildman–Crippen LogP) is 4.39. The topological polar surface area (TPSA) is 49.4 Å². The highest BCUT2D eigenvalue weighted by Gasteiger charge is 2.26. The van der Waals surface area contributed by atoms with Gasteiger partial charge in [-0.05, 0) is 59.0 Å². The van der Waals surface area contributed by atoms with E-state index in [1.165, 1.54) is 11.8 Å². The van der Waals surface area contributed by atoms with Gasteiger partial charge in [-0.3, -0.25) is 9.59 Å². The number of carbonyl (C=O) groups is 2. The van der Waals surface area contributed by atoms with Crippen LogP contribution < -0.4 is 10.2 Å². The van der Waals surface area contributed by atoms with Gasteiger partial charge in [-0.15, -0.1) is 11.8 Å². The largest absolute Gasteiger partial charge is 0.348 e. The number of fused-ring (bicyclic) bond motifs is 1. The molecule has 2 aromatic rings. The summed E-state index contributed by atoms with van der Waals surface area (Å²) in [6.07, 6.45) is 8.49. The number of thioether (sulfide) groups is 1. The summed E-state index contributed by atoms with van der Waals surface area (Å²) in [4.78, 5) is 28.0. The van der Waals surface area contributed by atoms with E-state index in [1.54, 1.807) is 11.3 Å². The van der Waals surface area contributed by atoms with E-state index in [1.807, 2.05) is 39.9 Å². The fourth-order valence-corrected chi connectivity index (χ4v) is 4.75. The van der Waals surface area contributed by atoms with Crippen molar-refractivity contribution < 1.29 is 9.59 Å². The second-order valence-corrected chi connectivity index (χ2v) is 8.32. The first kappa shape index (κ1) is 18.1. The molecule has 0 spiro atoms. The van der Waals surface area contributed by atoms with Gasteiger partial charge >= 0.3 is 0 Å². The quantitative estimate of drug-likeness (QED) is 0.815. The molecule has 2 aliphatic rings. The van der Waals surface area contributed by atoms with Gasteiger partial charge in [0.25, 0.3) is 5.91 Å². The average Bonchev–Trinajstić information content (AvgIpc) is 3.22. The molecule has 6 heteroatoms. The van der Waals surface area contributed by atoms with Crippen molar-refractivity contribution in [2.45, 2.75) is 24.3 Å². The summed E-state index contributed by atoms with van der Waals surface area (Å²) in [5, 5.41) is 6.97. The molecular weight excluding hydrogens is 376 g/mol. The van der Waals surface area contributed by atoms with E-state index >= 15 is 0 Å². The third kappa shape index (κ3) is 4.17. The first-order chi connectivity index (χ1) is 13.2. The van der Waals surface area contributed by atoms with Crippen molar-refractivity contribution in [1.29, 1.82) is 0 Å². The van der Waals surface area contributed by atoms with Crippen LogP contribution in [0.15, 0.2) is 63.7 Å². The minimum absolute atomic E-state index is 0.0863. The molecule has 0 saturated heterocycles. The molecule has 1 aliphatic heterocycles. The van der Waals surface area contributed by atoms with Crippen LogP contribution in [0.1, 0.15) is 28.8 Å². The first-order valence-corrected chi connectivity index (χ1v) is 10.9. The maximum absolute atomic E-state index is 12.6. The minimum atomic E-state index is -0.122. The lowest BCUT2D eigenvalue weighted by Crippen LogP contribution is -2.37. The lowest BCUT2D eigenvalue weighted by atomic mass is 10.1. The maximum atomic E-state index is 12.6. The van der Waals surface area contributed by atoms with Crippen LogP contribution in [-0.4, -0.2) is 24.1 Å². The van der Waals surface area contributed by atoms with Crippen LogP contribution in [-0.2, 0) is 11.3 Å². The van der Waals surface area contributed by atoms with Gasteiger partial charge in [-0.2, -0.15) is 11.3 Å².